The van der Waals surface area contributed by atoms with Crippen molar-refractivity contribution in [1.82, 2.24) is 10.2 Å². The zero-order chi connectivity index (χ0) is 16.7. The van der Waals surface area contributed by atoms with Crippen LogP contribution in [-0.4, -0.2) is 43.6 Å². The summed E-state index contributed by atoms with van der Waals surface area (Å²) >= 11 is 0. The second-order valence-electron chi connectivity index (χ2n) is 6.18. The quantitative estimate of drug-likeness (QED) is 0.751. The molecule has 0 saturated carbocycles. The molecule has 0 radical (unpaired) electrons. The van der Waals surface area contributed by atoms with Crippen LogP contribution < -0.4 is 15.8 Å². The Morgan fingerprint density at radius 1 is 1.38 bits per heavy atom. The second kappa shape index (κ2) is 10.5. The Balaban J connectivity index is 0.00000288. The van der Waals surface area contributed by atoms with E-state index >= 15 is 0 Å². The molecule has 1 heterocycles. The molecule has 1 aliphatic heterocycles. The van der Waals surface area contributed by atoms with Crippen molar-refractivity contribution in [3.8, 4) is 5.75 Å². The van der Waals surface area contributed by atoms with E-state index in [-0.39, 0.29) is 24.4 Å². The summed E-state index contributed by atoms with van der Waals surface area (Å²) in [4.78, 5) is 14.6. The van der Waals surface area contributed by atoms with Gasteiger partial charge in [0.1, 0.15) is 5.75 Å². The van der Waals surface area contributed by atoms with Crippen LogP contribution in [0.4, 0.5) is 0 Å². The Labute approximate surface area is 151 Å². The molecule has 0 aliphatic carbocycles. The smallest absolute Gasteiger partial charge is 0.236 e. The fourth-order valence-corrected chi connectivity index (χ4v) is 3.13. The number of benzene rings is 1. The zero-order valence-corrected chi connectivity index (χ0v) is 15.5. The van der Waals surface area contributed by atoms with Crippen LogP contribution in [-0.2, 0) is 4.79 Å². The van der Waals surface area contributed by atoms with Gasteiger partial charge in [-0.25, -0.2) is 0 Å². The van der Waals surface area contributed by atoms with E-state index in [1.165, 1.54) is 18.4 Å². The molecule has 136 valence electrons. The first-order chi connectivity index (χ1) is 11.2. The highest BCUT2D eigenvalue weighted by Crippen LogP contribution is 2.27. The average Bonchev–Trinajstić information content (AvgIpc) is 3.09. The minimum absolute atomic E-state index is 0. The molecule has 1 aromatic rings. The fourth-order valence-electron chi connectivity index (χ4n) is 3.13. The van der Waals surface area contributed by atoms with Crippen LogP contribution >= 0.6 is 12.4 Å². The third-order valence-electron chi connectivity index (χ3n) is 4.47. The monoisotopic (exact) mass is 355 g/mol. The number of amides is 1. The topological polar surface area (TPSA) is 67.6 Å². The number of hydrogen-bond acceptors (Lipinski definition) is 4. The first-order valence-electron chi connectivity index (χ1n) is 8.57. The highest BCUT2D eigenvalue weighted by molar-refractivity contribution is 5.85. The lowest BCUT2D eigenvalue weighted by molar-refractivity contribution is -0.122. The molecule has 5 nitrogen and oxygen atoms in total. The van der Waals surface area contributed by atoms with Gasteiger partial charge in [-0.15, -0.1) is 12.4 Å². The molecule has 1 fully saturated rings. The standard InChI is InChI=1S/C18H29N3O2.ClH/c1-3-7-16(19)18(22)20-13-17(21-10-4-5-11-21)14-8-6-9-15(12-14)23-2;/h6,8-9,12,16-17H,3-5,7,10-11,13,19H2,1-2H3,(H,20,22);1H. The van der Waals surface area contributed by atoms with Gasteiger partial charge in [0, 0.05) is 6.54 Å². The average molecular weight is 356 g/mol. The number of nitrogens with one attached hydrogen (secondary N) is 1. The predicted octanol–water partition coefficient (Wildman–Crippen LogP) is 2.50. The van der Waals surface area contributed by atoms with Gasteiger partial charge in [0.2, 0.25) is 5.91 Å². The second-order valence-corrected chi connectivity index (χ2v) is 6.18. The molecule has 2 rings (SSSR count). The van der Waals surface area contributed by atoms with Crippen LogP contribution in [0.5, 0.6) is 5.75 Å². The van der Waals surface area contributed by atoms with Crippen LogP contribution in [0.3, 0.4) is 0 Å². The Kier molecular flexibility index (Phi) is 9.11. The Morgan fingerprint density at radius 3 is 2.71 bits per heavy atom. The molecular formula is C18H30ClN3O2. The molecule has 0 aromatic heterocycles. The Morgan fingerprint density at radius 2 is 2.08 bits per heavy atom. The maximum absolute atomic E-state index is 12.1. The zero-order valence-electron chi connectivity index (χ0n) is 14.7. The molecule has 1 amide bonds. The van der Waals surface area contributed by atoms with Crippen LogP contribution in [0.25, 0.3) is 0 Å². The normalized spacial score (nSPS) is 17.0. The van der Waals surface area contributed by atoms with Crippen molar-refractivity contribution in [3.63, 3.8) is 0 Å². The minimum atomic E-state index is -0.412. The van der Waals surface area contributed by atoms with Crippen molar-refractivity contribution >= 4 is 18.3 Å². The van der Waals surface area contributed by atoms with E-state index in [2.05, 4.69) is 22.3 Å². The third-order valence-corrected chi connectivity index (χ3v) is 4.47. The summed E-state index contributed by atoms with van der Waals surface area (Å²) in [6.07, 6.45) is 4.06. The van der Waals surface area contributed by atoms with Crippen LogP contribution in [0.2, 0.25) is 0 Å². The van der Waals surface area contributed by atoms with Gasteiger partial charge in [0.05, 0.1) is 19.2 Å². The molecule has 0 spiro atoms. The fraction of sp³-hybridized carbons (Fsp3) is 0.611. The number of carbonyl (C=O) groups is 1. The van der Waals surface area contributed by atoms with Crippen molar-refractivity contribution in [2.75, 3.05) is 26.7 Å². The van der Waals surface area contributed by atoms with E-state index in [9.17, 15) is 4.79 Å². The number of ether oxygens (including phenoxy) is 1. The molecule has 1 aliphatic rings. The molecule has 3 N–H and O–H groups in total. The van der Waals surface area contributed by atoms with Gasteiger partial charge in [-0.1, -0.05) is 25.5 Å². The summed E-state index contributed by atoms with van der Waals surface area (Å²) < 4.78 is 5.34. The Bertz CT molecular complexity index is 507. The van der Waals surface area contributed by atoms with Crippen LogP contribution in [0, 0.1) is 0 Å². The van der Waals surface area contributed by atoms with Gasteiger partial charge in [-0.2, -0.15) is 0 Å². The minimum Gasteiger partial charge on any atom is -0.497 e. The van der Waals surface area contributed by atoms with E-state index in [1.807, 2.05) is 19.1 Å². The van der Waals surface area contributed by atoms with Crippen molar-refractivity contribution in [2.45, 2.75) is 44.7 Å². The van der Waals surface area contributed by atoms with Crippen molar-refractivity contribution < 1.29 is 9.53 Å². The molecule has 6 heteroatoms. The number of nitrogens with two attached hydrogens (primary N) is 1. The molecular weight excluding hydrogens is 326 g/mol. The van der Waals surface area contributed by atoms with E-state index in [0.717, 1.165) is 31.7 Å². The van der Waals surface area contributed by atoms with Crippen molar-refractivity contribution in [1.29, 1.82) is 0 Å². The summed E-state index contributed by atoms with van der Waals surface area (Å²) in [6.45, 7) is 4.76. The lowest BCUT2D eigenvalue weighted by Gasteiger charge is -2.29. The van der Waals surface area contributed by atoms with Gasteiger partial charge in [-0.05, 0) is 50.0 Å². The predicted molar refractivity (Wildman–Crippen MR) is 99.7 cm³/mol. The highest BCUT2D eigenvalue weighted by atomic mass is 35.5. The largest absolute Gasteiger partial charge is 0.497 e. The van der Waals surface area contributed by atoms with Gasteiger partial charge in [0.15, 0.2) is 0 Å². The molecule has 2 atom stereocenters. The van der Waals surface area contributed by atoms with E-state index in [0.29, 0.717) is 6.54 Å². The van der Waals surface area contributed by atoms with Crippen LogP contribution in [0.1, 0.15) is 44.2 Å². The van der Waals surface area contributed by atoms with Gasteiger partial charge < -0.3 is 15.8 Å². The van der Waals surface area contributed by atoms with Gasteiger partial charge >= 0.3 is 0 Å². The molecule has 2 unspecified atom stereocenters. The van der Waals surface area contributed by atoms with E-state index in [1.54, 1.807) is 7.11 Å². The number of methoxy groups -OCH3 is 1. The summed E-state index contributed by atoms with van der Waals surface area (Å²) in [5.74, 6) is 0.791. The first kappa shape index (κ1) is 20.7. The molecule has 1 aromatic carbocycles. The lowest BCUT2D eigenvalue weighted by atomic mass is 10.0. The highest BCUT2D eigenvalue weighted by Gasteiger charge is 2.25. The van der Waals surface area contributed by atoms with Gasteiger partial charge in [0.25, 0.3) is 0 Å². The number of hydrogen-bond donors (Lipinski definition) is 2. The van der Waals surface area contributed by atoms with Crippen molar-refractivity contribution in [3.05, 3.63) is 29.8 Å². The SMILES string of the molecule is CCCC(N)C(=O)NCC(c1cccc(OC)c1)N1CCCC1.Cl. The number of rotatable bonds is 8. The molecule has 0 bridgehead atoms. The molecule has 1 saturated heterocycles. The number of nitrogens with zero attached hydrogens (tertiary/aromatic N) is 1. The van der Waals surface area contributed by atoms with Crippen LogP contribution in [0.15, 0.2) is 24.3 Å². The summed E-state index contributed by atoms with van der Waals surface area (Å²) in [5.41, 5.74) is 7.08. The Hall–Kier alpha value is -1.30. The van der Waals surface area contributed by atoms with E-state index in [4.69, 9.17) is 10.5 Å². The van der Waals surface area contributed by atoms with E-state index < -0.39 is 6.04 Å². The summed E-state index contributed by atoms with van der Waals surface area (Å²) in [7, 11) is 1.68. The van der Waals surface area contributed by atoms with Gasteiger partial charge in [-0.3, -0.25) is 9.69 Å². The maximum Gasteiger partial charge on any atom is 0.236 e. The summed E-state index contributed by atoms with van der Waals surface area (Å²) in [6, 6.07) is 7.86. The maximum atomic E-state index is 12.1. The third kappa shape index (κ3) is 5.65. The molecule has 24 heavy (non-hydrogen) atoms. The summed E-state index contributed by atoms with van der Waals surface area (Å²) in [5, 5.41) is 3.03. The number of likely N-dealkylation sites (tertiary alicyclic amines) is 1. The lowest BCUT2D eigenvalue weighted by Crippen LogP contribution is -2.44. The number of carbonyl (C=O) groups excluding carboxylic acids is 1. The first-order valence-corrected chi connectivity index (χ1v) is 8.57. The van der Waals surface area contributed by atoms with Crippen molar-refractivity contribution in [2.24, 2.45) is 5.73 Å². The number of halogens is 1.